The normalized spacial score (nSPS) is 10.1. The highest BCUT2D eigenvalue weighted by Crippen LogP contribution is 2.27. The number of rotatable bonds is 4. The van der Waals surface area contributed by atoms with Gasteiger partial charge in [0.25, 0.3) is 0 Å². The third-order valence-electron chi connectivity index (χ3n) is 3.35. The van der Waals surface area contributed by atoms with Crippen molar-refractivity contribution < 1.29 is 9.53 Å². The highest BCUT2D eigenvalue weighted by molar-refractivity contribution is 5.95. The summed E-state index contributed by atoms with van der Waals surface area (Å²) in [7, 11) is 1.72. The Balaban J connectivity index is 2.49. The Morgan fingerprint density at radius 2 is 2.05 bits per heavy atom. The van der Waals surface area contributed by atoms with Crippen LogP contribution < -0.4 is 5.73 Å². The summed E-state index contributed by atoms with van der Waals surface area (Å²) in [5.41, 5.74) is 8.47. The molecule has 0 saturated carbocycles. The molecule has 2 aromatic rings. The molecule has 0 atom stereocenters. The molecular formula is C16H17N3O2. The number of nitrogen functional groups attached to an aromatic ring is 1. The monoisotopic (exact) mass is 283 g/mol. The van der Waals surface area contributed by atoms with Crippen LogP contribution in [0, 0.1) is 11.3 Å². The fourth-order valence-corrected chi connectivity index (χ4v) is 2.32. The number of carbonyl (C=O) groups excluding carboxylic acids is 1. The number of hydrogen-bond acceptors (Lipinski definition) is 4. The van der Waals surface area contributed by atoms with Crippen molar-refractivity contribution in [2.45, 2.75) is 13.3 Å². The lowest BCUT2D eigenvalue weighted by Gasteiger charge is -2.07. The molecule has 1 aromatic carbocycles. The Bertz CT molecular complexity index is 697. The van der Waals surface area contributed by atoms with Crippen LogP contribution in [0.4, 0.5) is 5.69 Å². The molecule has 0 bridgehead atoms. The Kier molecular flexibility index (Phi) is 4.29. The molecular weight excluding hydrogens is 266 g/mol. The van der Waals surface area contributed by atoms with E-state index in [1.807, 2.05) is 30.3 Å². The first kappa shape index (κ1) is 14.7. The van der Waals surface area contributed by atoms with Gasteiger partial charge < -0.3 is 15.0 Å². The van der Waals surface area contributed by atoms with E-state index in [1.54, 1.807) is 18.5 Å². The molecule has 0 aliphatic carbocycles. The average Bonchev–Trinajstić information content (AvgIpc) is 2.71. The van der Waals surface area contributed by atoms with E-state index in [2.05, 4.69) is 6.07 Å². The van der Waals surface area contributed by atoms with Crippen molar-refractivity contribution in [3.63, 3.8) is 0 Å². The summed E-state index contributed by atoms with van der Waals surface area (Å²) in [5.74, 6) is -0.506. The Labute approximate surface area is 123 Å². The number of hydrogen-bond donors (Lipinski definition) is 1. The Morgan fingerprint density at radius 3 is 2.62 bits per heavy atom. The third kappa shape index (κ3) is 2.75. The number of carbonyl (C=O) groups is 1. The maximum absolute atomic E-state index is 12.0. The van der Waals surface area contributed by atoms with Crippen LogP contribution in [0.15, 0.2) is 30.3 Å². The maximum atomic E-state index is 12.0. The van der Waals surface area contributed by atoms with Crippen LogP contribution in [-0.2, 0) is 18.2 Å². The molecule has 0 saturated heterocycles. The van der Waals surface area contributed by atoms with E-state index in [4.69, 9.17) is 10.5 Å². The Morgan fingerprint density at radius 1 is 1.38 bits per heavy atom. The van der Waals surface area contributed by atoms with Gasteiger partial charge in [-0.15, -0.1) is 0 Å². The zero-order valence-electron chi connectivity index (χ0n) is 12.1. The lowest BCUT2D eigenvalue weighted by molar-refractivity contribution is 0.0516. The number of nitrogens with zero attached hydrogens (tertiary/aromatic N) is 2. The molecule has 0 fully saturated rings. The summed E-state index contributed by atoms with van der Waals surface area (Å²) >= 11 is 0. The number of esters is 1. The van der Waals surface area contributed by atoms with E-state index < -0.39 is 5.97 Å². The van der Waals surface area contributed by atoms with Crippen molar-refractivity contribution in [3.05, 3.63) is 52.8 Å². The summed E-state index contributed by atoms with van der Waals surface area (Å²) in [5, 5.41) is 9.33. The minimum Gasteiger partial charge on any atom is -0.461 e. The maximum Gasteiger partial charge on any atom is 0.357 e. The van der Waals surface area contributed by atoms with Gasteiger partial charge in [0.1, 0.15) is 6.07 Å². The van der Waals surface area contributed by atoms with Crippen LogP contribution in [0.25, 0.3) is 0 Å². The first-order valence-electron chi connectivity index (χ1n) is 6.68. The van der Waals surface area contributed by atoms with Crippen molar-refractivity contribution in [1.29, 1.82) is 5.26 Å². The van der Waals surface area contributed by atoms with Gasteiger partial charge in [0.15, 0.2) is 5.69 Å². The second-order valence-electron chi connectivity index (χ2n) is 4.64. The highest BCUT2D eigenvalue weighted by Gasteiger charge is 2.24. The van der Waals surface area contributed by atoms with Gasteiger partial charge in [-0.1, -0.05) is 30.3 Å². The Hall–Kier alpha value is -2.74. The fourth-order valence-electron chi connectivity index (χ4n) is 2.32. The van der Waals surface area contributed by atoms with Crippen LogP contribution in [0.2, 0.25) is 0 Å². The number of benzene rings is 1. The van der Waals surface area contributed by atoms with Crippen LogP contribution in [0.3, 0.4) is 0 Å². The van der Waals surface area contributed by atoms with Crippen LogP contribution in [0.5, 0.6) is 0 Å². The first-order valence-corrected chi connectivity index (χ1v) is 6.68. The quantitative estimate of drug-likeness (QED) is 0.872. The standard InChI is InChI=1S/C16H17N3O2/c1-3-21-16(20)15-14(18)12(10-17)13(19(15)2)9-11-7-5-4-6-8-11/h4-8H,3,9,18H2,1-2H3. The van der Waals surface area contributed by atoms with Gasteiger partial charge in [-0.05, 0) is 12.5 Å². The first-order chi connectivity index (χ1) is 10.1. The summed E-state index contributed by atoms with van der Waals surface area (Å²) in [6, 6.07) is 11.8. The molecule has 5 heteroatoms. The molecule has 21 heavy (non-hydrogen) atoms. The van der Waals surface area contributed by atoms with Gasteiger partial charge in [0.2, 0.25) is 0 Å². The number of nitrogens with two attached hydrogens (primary N) is 1. The van der Waals surface area contributed by atoms with Crippen LogP contribution >= 0.6 is 0 Å². The second kappa shape index (κ2) is 6.14. The van der Waals surface area contributed by atoms with Gasteiger partial charge in [-0.2, -0.15) is 5.26 Å². The van der Waals surface area contributed by atoms with Gasteiger partial charge in [0, 0.05) is 19.2 Å². The molecule has 1 aromatic heterocycles. The number of anilines is 1. The zero-order valence-corrected chi connectivity index (χ0v) is 12.1. The molecule has 5 nitrogen and oxygen atoms in total. The third-order valence-corrected chi connectivity index (χ3v) is 3.35. The number of aromatic nitrogens is 1. The van der Waals surface area contributed by atoms with E-state index in [1.165, 1.54) is 0 Å². The second-order valence-corrected chi connectivity index (χ2v) is 4.64. The molecule has 0 radical (unpaired) electrons. The predicted molar refractivity (Wildman–Crippen MR) is 79.7 cm³/mol. The summed E-state index contributed by atoms with van der Waals surface area (Å²) in [4.78, 5) is 12.0. The van der Waals surface area contributed by atoms with E-state index in [9.17, 15) is 10.1 Å². The largest absolute Gasteiger partial charge is 0.461 e. The van der Waals surface area contributed by atoms with E-state index in [0.717, 1.165) is 5.56 Å². The van der Waals surface area contributed by atoms with Crippen molar-refractivity contribution in [2.24, 2.45) is 7.05 Å². The molecule has 108 valence electrons. The molecule has 2 rings (SSSR count). The topological polar surface area (TPSA) is 81.0 Å². The molecule has 0 unspecified atom stereocenters. The number of nitriles is 1. The van der Waals surface area contributed by atoms with Gasteiger partial charge in [0.05, 0.1) is 17.9 Å². The van der Waals surface area contributed by atoms with E-state index in [-0.39, 0.29) is 18.0 Å². The van der Waals surface area contributed by atoms with Gasteiger partial charge >= 0.3 is 5.97 Å². The molecule has 0 aliphatic heterocycles. The molecule has 0 aliphatic rings. The lowest BCUT2D eigenvalue weighted by atomic mass is 10.1. The average molecular weight is 283 g/mol. The van der Waals surface area contributed by atoms with Crippen LogP contribution in [0.1, 0.15) is 34.2 Å². The van der Waals surface area contributed by atoms with E-state index in [0.29, 0.717) is 17.7 Å². The molecule has 0 spiro atoms. The summed E-state index contributed by atoms with van der Waals surface area (Å²) in [6.07, 6.45) is 0.532. The molecule has 0 amide bonds. The van der Waals surface area contributed by atoms with Crippen molar-refractivity contribution in [2.75, 3.05) is 12.3 Å². The smallest absolute Gasteiger partial charge is 0.357 e. The molecule has 1 heterocycles. The minimum atomic E-state index is -0.506. The summed E-state index contributed by atoms with van der Waals surface area (Å²) < 4.78 is 6.66. The lowest BCUT2D eigenvalue weighted by Crippen LogP contribution is -2.13. The van der Waals surface area contributed by atoms with Crippen LogP contribution in [-0.4, -0.2) is 17.1 Å². The summed E-state index contributed by atoms with van der Waals surface area (Å²) in [6.45, 7) is 1.99. The van der Waals surface area contributed by atoms with Crippen molar-refractivity contribution in [1.82, 2.24) is 4.57 Å². The van der Waals surface area contributed by atoms with E-state index >= 15 is 0 Å². The minimum absolute atomic E-state index is 0.185. The van der Waals surface area contributed by atoms with Gasteiger partial charge in [-0.25, -0.2) is 4.79 Å². The molecule has 2 N–H and O–H groups in total. The predicted octanol–water partition coefficient (Wildman–Crippen LogP) is 2.25. The van der Waals surface area contributed by atoms with Crippen molar-refractivity contribution in [3.8, 4) is 6.07 Å². The van der Waals surface area contributed by atoms with Crippen molar-refractivity contribution >= 4 is 11.7 Å². The fraction of sp³-hybridized carbons (Fsp3) is 0.250. The van der Waals surface area contributed by atoms with Gasteiger partial charge in [-0.3, -0.25) is 0 Å². The SMILES string of the molecule is CCOC(=O)c1c(N)c(C#N)c(Cc2ccccc2)n1C. The highest BCUT2D eigenvalue weighted by atomic mass is 16.5. The number of ether oxygens (including phenoxy) is 1. The zero-order chi connectivity index (χ0) is 15.4.